The second-order valence-electron chi connectivity index (χ2n) is 9.45. The van der Waals surface area contributed by atoms with E-state index >= 15 is 0 Å². The molecular weight excluding hydrogens is 542 g/mol. The first kappa shape index (κ1) is 26.7. The van der Waals surface area contributed by atoms with Gasteiger partial charge in [0.2, 0.25) is 0 Å². The Morgan fingerprint density at radius 1 is 1.13 bits per heavy atom. The second-order valence-corrected chi connectivity index (χ2v) is 10.8. The molecule has 0 unspecified atom stereocenters. The highest BCUT2D eigenvalue weighted by atomic mass is 35.5. The Labute approximate surface area is 233 Å². The van der Waals surface area contributed by atoms with Gasteiger partial charge in [0, 0.05) is 31.6 Å². The fourth-order valence-corrected chi connectivity index (χ4v) is 5.96. The van der Waals surface area contributed by atoms with Gasteiger partial charge in [-0.15, -0.1) is 11.3 Å². The first-order valence-electron chi connectivity index (χ1n) is 12.4. The van der Waals surface area contributed by atoms with Crippen molar-refractivity contribution in [3.05, 3.63) is 85.1 Å². The summed E-state index contributed by atoms with van der Waals surface area (Å²) in [4.78, 5) is 52.6. The maximum Gasteiger partial charge on any atom is 0.328 e. The van der Waals surface area contributed by atoms with Crippen molar-refractivity contribution in [1.29, 1.82) is 0 Å². The predicted molar refractivity (Wildman–Crippen MR) is 146 cm³/mol. The molecule has 202 valence electrons. The van der Waals surface area contributed by atoms with Crippen LogP contribution in [0.25, 0.3) is 0 Å². The molecule has 2 aliphatic rings. The molecule has 3 N–H and O–H groups in total. The molecule has 0 bridgehead atoms. The molecule has 3 amide bonds. The number of carbonyl (C=O) groups is 4. The monoisotopic (exact) mass is 567 g/mol. The number of halogens is 1. The average Bonchev–Trinajstić information content (AvgIpc) is 3.62. The van der Waals surface area contributed by atoms with Gasteiger partial charge in [-0.3, -0.25) is 14.4 Å². The summed E-state index contributed by atoms with van der Waals surface area (Å²) in [5.74, 6) is -1.70. The maximum atomic E-state index is 13.2. The molecule has 5 rings (SSSR count). The van der Waals surface area contributed by atoms with Crippen LogP contribution in [0.5, 0.6) is 5.75 Å². The Hall–Kier alpha value is -3.89. The van der Waals surface area contributed by atoms with Crippen molar-refractivity contribution in [3.8, 4) is 5.75 Å². The Morgan fingerprint density at radius 2 is 1.95 bits per heavy atom. The number of amides is 3. The molecule has 0 spiro atoms. The van der Waals surface area contributed by atoms with E-state index in [0.717, 1.165) is 28.9 Å². The van der Waals surface area contributed by atoms with E-state index in [9.17, 15) is 24.3 Å². The quantitative estimate of drug-likeness (QED) is 0.401. The topological polar surface area (TPSA) is 125 Å². The number of rotatable bonds is 7. The van der Waals surface area contributed by atoms with E-state index in [-0.39, 0.29) is 23.0 Å². The van der Waals surface area contributed by atoms with Crippen molar-refractivity contribution in [2.75, 3.05) is 19.7 Å². The lowest BCUT2D eigenvalue weighted by molar-refractivity contribution is -0.139. The van der Waals surface area contributed by atoms with E-state index < -0.39 is 23.8 Å². The molecule has 3 aromatic rings. The number of carboxylic acids is 1. The Morgan fingerprint density at radius 3 is 2.69 bits per heavy atom. The third kappa shape index (κ3) is 5.48. The summed E-state index contributed by atoms with van der Waals surface area (Å²) >= 11 is 7.76. The van der Waals surface area contributed by atoms with E-state index in [1.54, 1.807) is 41.5 Å². The van der Waals surface area contributed by atoms with Crippen LogP contribution in [-0.4, -0.2) is 59.4 Å². The molecule has 2 aromatic carbocycles. The van der Waals surface area contributed by atoms with Gasteiger partial charge in [-0.2, -0.15) is 0 Å². The number of hydrogen-bond donors (Lipinski definition) is 3. The van der Waals surface area contributed by atoms with Gasteiger partial charge in [-0.05, 0) is 65.2 Å². The number of nitrogens with zero attached hydrogens (tertiary/aromatic N) is 1. The number of thiophene rings is 1. The highest BCUT2D eigenvalue weighted by Crippen LogP contribution is 2.32. The average molecular weight is 568 g/mol. The summed E-state index contributed by atoms with van der Waals surface area (Å²) in [6, 6.07) is 9.19. The third-order valence-corrected chi connectivity index (χ3v) is 8.19. The number of aliphatic carboxylic acids is 1. The minimum atomic E-state index is -1.35. The van der Waals surface area contributed by atoms with Crippen LogP contribution in [0.3, 0.4) is 0 Å². The smallest absolute Gasteiger partial charge is 0.328 e. The lowest BCUT2D eigenvalue weighted by atomic mass is 9.91. The predicted octanol–water partition coefficient (Wildman–Crippen LogP) is 3.46. The molecule has 0 fully saturated rings. The van der Waals surface area contributed by atoms with Crippen LogP contribution in [0.15, 0.2) is 41.8 Å². The molecular formula is C28H26ClN3O6S. The molecule has 1 atom stereocenters. The van der Waals surface area contributed by atoms with Gasteiger partial charge in [0.05, 0.1) is 22.1 Å². The van der Waals surface area contributed by atoms with Crippen LogP contribution in [-0.2, 0) is 24.2 Å². The molecule has 2 aliphatic heterocycles. The maximum absolute atomic E-state index is 13.2. The standard InChI is InChI=1S/C28H26ClN3O6S/c1-15-19-6-8-32(27(35)17-5-4-16-7-9-38-22(16)12-17)14-18(19)11-20(29)24(15)26(34)31-21(28(36)37)13-30-25(33)23-3-2-10-39-23/h2-5,10-12,21H,6-9,13-14H2,1H3,(H,30,33)(H,31,34)(H,36,37)/t21-/m0/s1. The van der Waals surface area contributed by atoms with Gasteiger partial charge in [-0.25, -0.2) is 4.79 Å². The van der Waals surface area contributed by atoms with Crippen molar-refractivity contribution in [2.24, 2.45) is 0 Å². The first-order chi connectivity index (χ1) is 18.7. The van der Waals surface area contributed by atoms with Gasteiger partial charge < -0.3 is 25.4 Å². The number of carbonyl (C=O) groups excluding carboxylic acids is 3. The SMILES string of the molecule is Cc1c2c(cc(Cl)c1C(=O)N[C@@H](CNC(=O)c1cccs1)C(=O)O)CN(C(=O)c1ccc3c(c1)OCC3)CC2. The van der Waals surface area contributed by atoms with Gasteiger partial charge in [0.25, 0.3) is 17.7 Å². The Bertz CT molecular complexity index is 1470. The van der Waals surface area contributed by atoms with Crippen LogP contribution >= 0.6 is 22.9 Å². The number of benzene rings is 2. The molecule has 1 aromatic heterocycles. The number of carboxylic acid groups (broad SMARTS) is 1. The summed E-state index contributed by atoms with van der Waals surface area (Å²) in [7, 11) is 0. The van der Waals surface area contributed by atoms with Gasteiger partial charge in [0.1, 0.15) is 11.8 Å². The molecule has 11 heteroatoms. The van der Waals surface area contributed by atoms with Crippen LogP contribution in [0.4, 0.5) is 0 Å². The van der Waals surface area contributed by atoms with Crippen molar-refractivity contribution < 1.29 is 29.0 Å². The zero-order valence-electron chi connectivity index (χ0n) is 21.1. The molecule has 39 heavy (non-hydrogen) atoms. The summed E-state index contributed by atoms with van der Waals surface area (Å²) in [5, 5.41) is 16.6. The zero-order chi connectivity index (χ0) is 27.7. The Balaban J connectivity index is 1.29. The lowest BCUT2D eigenvalue weighted by Gasteiger charge is -2.31. The van der Waals surface area contributed by atoms with Crippen molar-refractivity contribution in [1.82, 2.24) is 15.5 Å². The minimum absolute atomic E-state index is 0.108. The van der Waals surface area contributed by atoms with Crippen LogP contribution < -0.4 is 15.4 Å². The normalized spacial score (nSPS) is 14.6. The van der Waals surface area contributed by atoms with E-state index in [1.807, 2.05) is 12.1 Å². The number of hydrogen-bond acceptors (Lipinski definition) is 6. The number of fused-ring (bicyclic) bond motifs is 2. The van der Waals surface area contributed by atoms with Crippen LogP contribution in [0.2, 0.25) is 5.02 Å². The molecule has 0 saturated carbocycles. The lowest BCUT2D eigenvalue weighted by Crippen LogP contribution is -2.48. The number of ether oxygens (including phenoxy) is 1. The van der Waals surface area contributed by atoms with E-state index in [4.69, 9.17) is 16.3 Å². The molecule has 3 heterocycles. The summed E-state index contributed by atoms with van der Waals surface area (Å²) in [6.45, 7) is 2.89. The zero-order valence-corrected chi connectivity index (χ0v) is 22.7. The van der Waals surface area contributed by atoms with Crippen molar-refractivity contribution in [2.45, 2.75) is 32.4 Å². The van der Waals surface area contributed by atoms with E-state index in [0.29, 0.717) is 42.1 Å². The Kier molecular flexibility index (Phi) is 7.58. The highest BCUT2D eigenvalue weighted by Gasteiger charge is 2.29. The molecule has 9 nitrogen and oxygen atoms in total. The minimum Gasteiger partial charge on any atom is -0.493 e. The van der Waals surface area contributed by atoms with E-state index in [1.165, 1.54) is 11.3 Å². The highest BCUT2D eigenvalue weighted by molar-refractivity contribution is 7.12. The fraction of sp³-hybridized carbons (Fsp3) is 0.286. The third-order valence-electron chi connectivity index (χ3n) is 7.02. The van der Waals surface area contributed by atoms with Crippen molar-refractivity contribution in [3.63, 3.8) is 0 Å². The van der Waals surface area contributed by atoms with Crippen molar-refractivity contribution >= 4 is 46.6 Å². The molecule has 0 aliphatic carbocycles. The molecule has 0 saturated heterocycles. The van der Waals surface area contributed by atoms with Gasteiger partial charge in [-0.1, -0.05) is 23.7 Å². The summed E-state index contributed by atoms with van der Waals surface area (Å²) < 4.78 is 5.60. The van der Waals surface area contributed by atoms with Crippen LogP contribution in [0.1, 0.15) is 52.6 Å². The number of nitrogens with one attached hydrogen (secondary N) is 2. The van der Waals surface area contributed by atoms with Crippen LogP contribution in [0, 0.1) is 6.92 Å². The molecule has 0 radical (unpaired) electrons. The largest absolute Gasteiger partial charge is 0.493 e. The first-order valence-corrected chi connectivity index (χ1v) is 13.7. The summed E-state index contributed by atoms with van der Waals surface area (Å²) in [5.41, 5.74) is 4.22. The summed E-state index contributed by atoms with van der Waals surface area (Å²) in [6.07, 6.45) is 1.36. The second kappa shape index (κ2) is 11.1. The van der Waals surface area contributed by atoms with E-state index in [2.05, 4.69) is 10.6 Å². The van der Waals surface area contributed by atoms with Gasteiger partial charge >= 0.3 is 5.97 Å². The fourth-order valence-electron chi connectivity index (χ4n) is 4.96. The van der Waals surface area contributed by atoms with Gasteiger partial charge in [0.15, 0.2) is 0 Å².